The van der Waals surface area contributed by atoms with Gasteiger partial charge in [0.2, 0.25) is 4.96 Å². The van der Waals surface area contributed by atoms with Gasteiger partial charge in [0.05, 0.1) is 4.53 Å². The largest absolute Gasteiger partial charge is 0.457 e. The van der Waals surface area contributed by atoms with Gasteiger partial charge in [-0.1, -0.05) is 47.7 Å². The summed E-state index contributed by atoms with van der Waals surface area (Å²) >= 11 is 2.96. The second-order valence-corrected chi connectivity index (χ2v) is 8.40. The van der Waals surface area contributed by atoms with Crippen molar-refractivity contribution in [2.75, 3.05) is 0 Å². The number of nitrogens with zero attached hydrogens (tertiary/aromatic N) is 3. The molecule has 0 saturated heterocycles. The van der Waals surface area contributed by atoms with Crippen LogP contribution >= 0.6 is 22.7 Å². The average Bonchev–Trinajstić information content (AvgIpc) is 3.47. The van der Waals surface area contributed by atoms with E-state index in [1.54, 1.807) is 11.3 Å². The standard InChI is InChI=1S/C23H15N3O2S2/c27-22-20(15-16-6-4-9-18(14-16)28-17-7-2-1-3-8-17)30-23-24-21(25-26(22)23)12-11-19-10-5-13-29-19/h1-15H/b12-11+,20-15+. The quantitative estimate of drug-likeness (QED) is 0.406. The maximum absolute atomic E-state index is 12.7. The second kappa shape index (κ2) is 8.06. The summed E-state index contributed by atoms with van der Waals surface area (Å²) in [6.07, 6.45) is 5.60. The Kier molecular flexibility index (Phi) is 4.96. The van der Waals surface area contributed by atoms with Crippen LogP contribution in [0.4, 0.5) is 0 Å². The number of hydrogen-bond donors (Lipinski definition) is 0. The summed E-state index contributed by atoms with van der Waals surface area (Å²) in [7, 11) is 0. The molecule has 0 radical (unpaired) electrons. The van der Waals surface area contributed by atoms with E-state index < -0.39 is 0 Å². The molecule has 3 heterocycles. The summed E-state index contributed by atoms with van der Waals surface area (Å²) in [4.78, 5) is 18.9. The molecule has 0 N–H and O–H groups in total. The Morgan fingerprint density at radius 1 is 0.933 bits per heavy atom. The van der Waals surface area contributed by atoms with Gasteiger partial charge in [0.25, 0.3) is 5.56 Å². The van der Waals surface area contributed by atoms with Crippen molar-refractivity contribution < 1.29 is 4.74 Å². The number of fused-ring (bicyclic) bond motifs is 1. The average molecular weight is 430 g/mol. The van der Waals surface area contributed by atoms with Gasteiger partial charge in [-0.2, -0.15) is 9.50 Å². The first-order chi connectivity index (χ1) is 14.7. The van der Waals surface area contributed by atoms with E-state index in [0.29, 0.717) is 21.1 Å². The van der Waals surface area contributed by atoms with E-state index in [9.17, 15) is 4.79 Å². The molecule has 146 valence electrons. The van der Waals surface area contributed by atoms with Gasteiger partial charge in [0.15, 0.2) is 5.82 Å². The van der Waals surface area contributed by atoms with Crippen LogP contribution in [-0.4, -0.2) is 14.6 Å². The third-order valence-corrected chi connectivity index (χ3v) is 6.07. The Morgan fingerprint density at radius 2 is 1.80 bits per heavy atom. The molecule has 5 nitrogen and oxygen atoms in total. The molecule has 0 saturated carbocycles. The van der Waals surface area contributed by atoms with Crippen LogP contribution in [0.1, 0.15) is 16.3 Å². The zero-order valence-electron chi connectivity index (χ0n) is 15.6. The van der Waals surface area contributed by atoms with Crippen molar-refractivity contribution in [3.63, 3.8) is 0 Å². The number of thiazole rings is 1. The Balaban J connectivity index is 1.43. The molecule has 0 spiro atoms. The highest BCUT2D eigenvalue weighted by Crippen LogP contribution is 2.22. The maximum atomic E-state index is 12.7. The Bertz CT molecular complexity index is 1440. The van der Waals surface area contributed by atoms with Crippen molar-refractivity contribution in [3.05, 3.63) is 103 Å². The minimum Gasteiger partial charge on any atom is -0.457 e. The predicted octanol–water partition coefficient (Wildman–Crippen LogP) is 4.72. The van der Waals surface area contributed by atoms with Crippen molar-refractivity contribution >= 4 is 45.9 Å². The Morgan fingerprint density at radius 3 is 2.60 bits per heavy atom. The van der Waals surface area contributed by atoms with Gasteiger partial charge >= 0.3 is 0 Å². The molecule has 2 aromatic carbocycles. The topological polar surface area (TPSA) is 56.5 Å². The van der Waals surface area contributed by atoms with Gasteiger partial charge in [-0.25, -0.2) is 0 Å². The minimum absolute atomic E-state index is 0.173. The zero-order chi connectivity index (χ0) is 20.3. The first kappa shape index (κ1) is 18.5. The molecule has 0 atom stereocenters. The van der Waals surface area contributed by atoms with Crippen molar-refractivity contribution in [2.45, 2.75) is 0 Å². The molecule has 7 heteroatoms. The van der Waals surface area contributed by atoms with Crippen LogP contribution in [0.3, 0.4) is 0 Å². The molecule has 0 fully saturated rings. The van der Waals surface area contributed by atoms with Gasteiger partial charge in [-0.3, -0.25) is 4.79 Å². The lowest BCUT2D eigenvalue weighted by Gasteiger charge is -2.05. The molecule has 5 rings (SSSR count). The van der Waals surface area contributed by atoms with Gasteiger partial charge in [-0.15, -0.1) is 16.4 Å². The number of para-hydroxylation sites is 1. The van der Waals surface area contributed by atoms with Gasteiger partial charge in [0, 0.05) is 4.88 Å². The van der Waals surface area contributed by atoms with Crippen LogP contribution in [0.25, 0.3) is 23.2 Å². The van der Waals surface area contributed by atoms with Crippen LogP contribution in [0, 0.1) is 0 Å². The highest BCUT2D eigenvalue weighted by atomic mass is 32.1. The number of thiophene rings is 1. The van der Waals surface area contributed by atoms with Crippen molar-refractivity contribution in [2.24, 2.45) is 0 Å². The highest BCUT2D eigenvalue weighted by molar-refractivity contribution is 7.15. The lowest BCUT2D eigenvalue weighted by Crippen LogP contribution is -2.23. The summed E-state index contributed by atoms with van der Waals surface area (Å²) in [5, 5.41) is 6.33. The summed E-state index contributed by atoms with van der Waals surface area (Å²) < 4.78 is 7.81. The summed E-state index contributed by atoms with van der Waals surface area (Å²) in [6, 6.07) is 21.2. The first-order valence-electron chi connectivity index (χ1n) is 9.20. The van der Waals surface area contributed by atoms with Crippen LogP contribution in [0.2, 0.25) is 0 Å². The summed E-state index contributed by atoms with van der Waals surface area (Å²) in [5.41, 5.74) is 0.704. The Labute approximate surface area is 179 Å². The third-order valence-electron chi connectivity index (χ3n) is 4.27. The molecule has 5 aromatic rings. The molecule has 0 aliphatic carbocycles. The number of hydrogen-bond acceptors (Lipinski definition) is 6. The predicted molar refractivity (Wildman–Crippen MR) is 122 cm³/mol. The first-order valence-corrected chi connectivity index (χ1v) is 10.9. The minimum atomic E-state index is -0.173. The Hall–Kier alpha value is -3.55. The smallest absolute Gasteiger partial charge is 0.291 e. The van der Waals surface area contributed by atoms with E-state index in [-0.39, 0.29) is 5.56 Å². The van der Waals surface area contributed by atoms with Crippen LogP contribution in [-0.2, 0) is 0 Å². The van der Waals surface area contributed by atoms with Crippen LogP contribution in [0.15, 0.2) is 76.9 Å². The normalized spacial score (nSPS) is 12.2. The van der Waals surface area contributed by atoms with Crippen LogP contribution in [0.5, 0.6) is 11.5 Å². The van der Waals surface area contributed by atoms with E-state index in [4.69, 9.17) is 4.74 Å². The molecule has 0 aliphatic rings. The number of rotatable bonds is 5. The van der Waals surface area contributed by atoms with E-state index in [0.717, 1.165) is 16.2 Å². The zero-order valence-corrected chi connectivity index (χ0v) is 17.3. The number of benzene rings is 2. The fourth-order valence-corrected chi connectivity index (χ4v) is 4.44. The monoisotopic (exact) mass is 429 g/mol. The maximum Gasteiger partial charge on any atom is 0.291 e. The third kappa shape index (κ3) is 3.94. The SMILES string of the molecule is O=c1/c(=C\c2cccc(Oc3ccccc3)c2)sc2nc(/C=C/c3cccs3)nn12. The van der Waals surface area contributed by atoms with Crippen molar-refractivity contribution in [1.29, 1.82) is 0 Å². The van der Waals surface area contributed by atoms with E-state index in [1.165, 1.54) is 15.9 Å². The lowest BCUT2D eigenvalue weighted by atomic mass is 10.2. The van der Waals surface area contributed by atoms with E-state index in [2.05, 4.69) is 10.1 Å². The van der Waals surface area contributed by atoms with E-state index in [1.807, 2.05) is 90.3 Å². The molecular formula is C23H15N3O2S2. The van der Waals surface area contributed by atoms with E-state index >= 15 is 0 Å². The molecule has 0 aliphatic heterocycles. The van der Waals surface area contributed by atoms with Crippen molar-refractivity contribution in [1.82, 2.24) is 14.6 Å². The van der Waals surface area contributed by atoms with Gasteiger partial charge in [-0.05, 0) is 59.5 Å². The number of aromatic nitrogens is 3. The van der Waals surface area contributed by atoms with Crippen molar-refractivity contribution in [3.8, 4) is 11.5 Å². The number of ether oxygens (including phenoxy) is 1. The fourth-order valence-electron chi connectivity index (χ4n) is 2.91. The molecular weight excluding hydrogens is 414 g/mol. The lowest BCUT2D eigenvalue weighted by molar-refractivity contribution is 0.482. The highest BCUT2D eigenvalue weighted by Gasteiger charge is 2.09. The molecule has 0 amide bonds. The fraction of sp³-hybridized carbons (Fsp3) is 0. The molecule has 0 unspecified atom stereocenters. The molecule has 3 aromatic heterocycles. The van der Waals surface area contributed by atoms with Gasteiger partial charge in [0.1, 0.15) is 11.5 Å². The summed E-state index contributed by atoms with van der Waals surface area (Å²) in [5.74, 6) is 2.00. The molecule has 30 heavy (non-hydrogen) atoms. The second-order valence-electron chi connectivity index (χ2n) is 6.42. The molecule has 0 bridgehead atoms. The van der Waals surface area contributed by atoms with Crippen LogP contribution < -0.4 is 14.8 Å². The summed E-state index contributed by atoms with van der Waals surface area (Å²) in [6.45, 7) is 0. The van der Waals surface area contributed by atoms with Gasteiger partial charge < -0.3 is 4.74 Å².